The first-order valence-corrected chi connectivity index (χ1v) is 9.84. The van der Waals surface area contributed by atoms with E-state index < -0.39 is 9.84 Å². The van der Waals surface area contributed by atoms with E-state index in [1.807, 2.05) is 0 Å². The highest BCUT2D eigenvalue weighted by atomic mass is 32.2. The molecule has 4 unspecified atom stereocenters. The van der Waals surface area contributed by atoms with Crippen LogP contribution in [0.5, 0.6) is 0 Å². The van der Waals surface area contributed by atoms with Gasteiger partial charge in [-0.2, -0.15) is 0 Å². The van der Waals surface area contributed by atoms with Crippen LogP contribution in [-0.4, -0.2) is 45.7 Å². The van der Waals surface area contributed by atoms with Gasteiger partial charge in [0.05, 0.1) is 11.4 Å². The third-order valence-corrected chi connectivity index (χ3v) is 6.15. The molecule has 0 heterocycles. The first kappa shape index (κ1) is 17.9. The molecule has 20 heavy (non-hydrogen) atoms. The Morgan fingerprint density at radius 2 is 2.00 bits per heavy atom. The van der Waals surface area contributed by atoms with E-state index in [-0.39, 0.29) is 17.4 Å². The van der Waals surface area contributed by atoms with E-state index in [0.717, 1.165) is 45.1 Å². The van der Waals surface area contributed by atoms with Crippen molar-refractivity contribution in [3.63, 3.8) is 0 Å². The molecule has 4 nitrogen and oxygen atoms in total. The van der Waals surface area contributed by atoms with Gasteiger partial charge in [-0.25, -0.2) is 8.42 Å². The average Bonchev–Trinajstić information content (AvgIpc) is 2.42. The Hall–Kier alpha value is -0.130. The van der Waals surface area contributed by atoms with Gasteiger partial charge in [-0.1, -0.05) is 20.3 Å². The fraction of sp³-hybridized carbons (Fsp3) is 1.00. The second-order valence-corrected chi connectivity index (χ2v) is 8.37. The van der Waals surface area contributed by atoms with Gasteiger partial charge >= 0.3 is 0 Å². The summed E-state index contributed by atoms with van der Waals surface area (Å²) in [6.45, 7) is 5.24. The maximum Gasteiger partial charge on any atom is 0.150 e. The SMILES string of the molecule is CCCNC(C1CCCC(S(C)(=O)=O)C1)C(CC)OC. The summed E-state index contributed by atoms with van der Waals surface area (Å²) in [5.74, 6) is 0.403. The van der Waals surface area contributed by atoms with Crippen molar-refractivity contribution in [1.29, 1.82) is 0 Å². The van der Waals surface area contributed by atoms with Crippen molar-refractivity contribution in [2.45, 2.75) is 69.8 Å². The van der Waals surface area contributed by atoms with Gasteiger partial charge < -0.3 is 10.1 Å². The minimum atomic E-state index is -2.92. The Morgan fingerprint density at radius 3 is 2.50 bits per heavy atom. The molecule has 0 bridgehead atoms. The second kappa shape index (κ2) is 8.35. The minimum absolute atomic E-state index is 0.165. The highest BCUT2D eigenvalue weighted by Gasteiger charge is 2.35. The lowest BCUT2D eigenvalue weighted by molar-refractivity contribution is 0.0371. The smallest absolute Gasteiger partial charge is 0.150 e. The van der Waals surface area contributed by atoms with Crippen LogP contribution in [0.1, 0.15) is 52.4 Å². The fourth-order valence-electron chi connectivity index (χ4n) is 3.38. The molecule has 1 saturated carbocycles. The molecule has 5 heteroatoms. The lowest BCUT2D eigenvalue weighted by Crippen LogP contribution is -2.48. The summed E-state index contributed by atoms with van der Waals surface area (Å²) < 4.78 is 29.3. The zero-order chi connectivity index (χ0) is 15.2. The standard InChI is InChI=1S/C15H31NO3S/c1-5-10-16-15(14(6-2)19-3)12-8-7-9-13(11-12)20(4,17)18/h12-16H,5-11H2,1-4H3. The second-order valence-electron chi connectivity index (χ2n) is 6.04. The zero-order valence-electron chi connectivity index (χ0n) is 13.4. The molecule has 1 N–H and O–H groups in total. The maximum atomic E-state index is 11.8. The molecule has 0 aromatic rings. The normalized spacial score (nSPS) is 27.2. The number of methoxy groups -OCH3 is 1. The van der Waals surface area contributed by atoms with Crippen molar-refractivity contribution in [2.75, 3.05) is 19.9 Å². The maximum absolute atomic E-state index is 11.8. The lowest BCUT2D eigenvalue weighted by Gasteiger charge is -2.38. The fourth-order valence-corrected chi connectivity index (χ4v) is 4.57. The van der Waals surface area contributed by atoms with Crippen molar-refractivity contribution < 1.29 is 13.2 Å². The Balaban J connectivity index is 2.78. The summed E-state index contributed by atoms with van der Waals surface area (Å²) in [7, 11) is -1.16. The summed E-state index contributed by atoms with van der Waals surface area (Å²) in [5, 5.41) is 3.43. The van der Waals surface area contributed by atoms with Gasteiger partial charge in [0, 0.05) is 19.4 Å². The molecule has 1 aliphatic rings. The summed E-state index contributed by atoms with van der Waals surface area (Å²) in [5.41, 5.74) is 0. The summed E-state index contributed by atoms with van der Waals surface area (Å²) in [4.78, 5) is 0. The summed E-state index contributed by atoms with van der Waals surface area (Å²) in [6.07, 6.45) is 7.29. The molecule has 0 radical (unpaired) electrons. The van der Waals surface area contributed by atoms with Crippen molar-refractivity contribution in [1.82, 2.24) is 5.32 Å². The third kappa shape index (κ3) is 5.01. The van der Waals surface area contributed by atoms with E-state index in [1.54, 1.807) is 7.11 Å². The largest absolute Gasteiger partial charge is 0.380 e. The Bertz CT molecular complexity index is 365. The van der Waals surface area contributed by atoms with E-state index in [4.69, 9.17) is 4.74 Å². The molecule has 120 valence electrons. The number of hydrogen-bond acceptors (Lipinski definition) is 4. The van der Waals surface area contributed by atoms with Crippen LogP contribution in [0.3, 0.4) is 0 Å². The van der Waals surface area contributed by atoms with Gasteiger partial charge in [0.15, 0.2) is 0 Å². The molecule has 0 saturated heterocycles. The molecular formula is C15H31NO3S. The van der Waals surface area contributed by atoms with Crippen molar-refractivity contribution in [3.05, 3.63) is 0 Å². The first-order chi connectivity index (χ1) is 9.43. The topological polar surface area (TPSA) is 55.4 Å². The lowest BCUT2D eigenvalue weighted by atomic mass is 9.81. The number of ether oxygens (including phenoxy) is 1. The predicted molar refractivity (Wildman–Crippen MR) is 83.8 cm³/mol. The van der Waals surface area contributed by atoms with Crippen molar-refractivity contribution in [3.8, 4) is 0 Å². The molecule has 1 rings (SSSR count). The number of rotatable bonds is 8. The van der Waals surface area contributed by atoms with E-state index in [1.165, 1.54) is 6.26 Å². The molecule has 1 aliphatic carbocycles. The Kier molecular flexibility index (Phi) is 7.48. The van der Waals surface area contributed by atoms with Crippen LogP contribution in [0.4, 0.5) is 0 Å². The highest BCUT2D eigenvalue weighted by Crippen LogP contribution is 2.32. The van der Waals surface area contributed by atoms with Crippen LogP contribution < -0.4 is 5.32 Å². The molecule has 4 atom stereocenters. The summed E-state index contributed by atoms with van der Waals surface area (Å²) >= 11 is 0. The van der Waals surface area contributed by atoms with Crippen molar-refractivity contribution >= 4 is 9.84 Å². The van der Waals surface area contributed by atoms with E-state index in [2.05, 4.69) is 19.2 Å². The number of hydrogen-bond donors (Lipinski definition) is 1. The van der Waals surface area contributed by atoms with Crippen LogP contribution >= 0.6 is 0 Å². The van der Waals surface area contributed by atoms with Crippen molar-refractivity contribution in [2.24, 2.45) is 5.92 Å². The van der Waals surface area contributed by atoms with Gasteiger partial charge in [-0.15, -0.1) is 0 Å². The van der Waals surface area contributed by atoms with Crippen LogP contribution in [-0.2, 0) is 14.6 Å². The van der Waals surface area contributed by atoms with Gasteiger partial charge in [0.1, 0.15) is 9.84 Å². The van der Waals surface area contributed by atoms with E-state index in [0.29, 0.717) is 5.92 Å². The van der Waals surface area contributed by atoms with Crippen LogP contribution in [0, 0.1) is 5.92 Å². The average molecular weight is 305 g/mol. The third-order valence-electron chi connectivity index (χ3n) is 4.52. The van der Waals surface area contributed by atoms with Crippen LogP contribution in [0.2, 0.25) is 0 Å². The van der Waals surface area contributed by atoms with Gasteiger partial charge in [0.2, 0.25) is 0 Å². The Morgan fingerprint density at radius 1 is 1.30 bits per heavy atom. The Labute approximate surface area is 124 Å². The predicted octanol–water partition coefficient (Wildman–Crippen LogP) is 2.38. The van der Waals surface area contributed by atoms with Crippen LogP contribution in [0.15, 0.2) is 0 Å². The number of nitrogens with one attached hydrogen (secondary N) is 1. The summed E-state index contributed by atoms with van der Waals surface area (Å²) in [6, 6.07) is 0.273. The first-order valence-electron chi connectivity index (χ1n) is 7.89. The van der Waals surface area contributed by atoms with Crippen LogP contribution in [0.25, 0.3) is 0 Å². The highest BCUT2D eigenvalue weighted by molar-refractivity contribution is 7.91. The minimum Gasteiger partial charge on any atom is -0.380 e. The van der Waals surface area contributed by atoms with E-state index in [9.17, 15) is 8.42 Å². The van der Waals surface area contributed by atoms with Gasteiger partial charge in [-0.05, 0) is 44.6 Å². The molecule has 1 fully saturated rings. The van der Waals surface area contributed by atoms with Gasteiger partial charge in [-0.3, -0.25) is 0 Å². The molecule has 0 spiro atoms. The molecule has 0 aromatic heterocycles. The van der Waals surface area contributed by atoms with E-state index >= 15 is 0 Å². The molecule has 0 aliphatic heterocycles. The molecule has 0 aromatic carbocycles. The van der Waals surface area contributed by atoms with Gasteiger partial charge in [0.25, 0.3) is 0 Å². The zero-order valence-corrected chi connectivity index (χ0v) is 14.2. The quantitative estimate of drug-likeness (QED) is 0.748. The molecular weight excluding hydrogens is 274 g/mol. The number of sulfone groups is 1. The molecule has 0 amide bonds. The monoisotopic (exact) mass is 305 g/mol.